The molecule has 17 heavy (non-hydrogen) atoms. The fraction of sp³-hybridized carbons (Fsp3) is 0.769. The van der Waals surface area contributed by atoms with Crippen molar-refractivity contribution in [1.29, 1.82) is 0 Å². The summed E-state index contributed by atoms with van der Waals surface area (Å²) >= 11 is 5.35. The number of hydrogen-bond acceptors (Lipinski definition) is 2. The summed E-state index contributed by atoms with van der Waals surface area (Å²) in [6, 6.07) is 0. The van der Waals surface area contributed by atoms with Gasteiger partial charge in [-0.1, -0.05) is 20.8 Å². The van der Waals surface area contributed by atoms with Crippen molar-refractivity contribution in [2.45, 2.75) is 59.1 Å². The number of ether oxygens (including phenoxy) is 1. The summed E-state index contributed by atoms with van der Waals surface area (Å²) in [5.41, 5.74) is 1.10. The largest absolute Gasteiger partial charge is 0.374 e. The molecule has 0 spiro atoms. The van der Waals surface area contributed by atoms with Crippen LogP contribution in [0.2, 0.25) is 0 Å². The van der Waals surface area contributed by atoms with Crippen LogP contribution in [0.4, 0.5) is 0 Å². The summed E-state index contributed by atoms with van der Waals surface area (Å²) in [6.45, 7) is 14.3. The van der Waals surface area contributed by atoms with Crippen molar-refractivity contribution in [3.8, 4) is 0 Å². The van der Waals surface area contributed by atoms with Gasteiger partial charge < -0.3 is 14.3 Å². The third kappa shape index (κ3) is 3.68. The SMILES string of the molecule is CCOC(C)(C)Cn1c(C(C)(C)C)c[nH]c1=S. The molecule has 0 bridgehead atoms. The topological polar surface area (TPSA) is 29.9 Å². The van der Waals surface area contributed by atoms with Crippen molar-refractivity contribution in [3.05, 3.63) is 16.7 Å². The van der Waals surface area contributed by atoms with E-state index in [1.54, 1.807) is 0 Å². The predicted molar refractivity (Wildman–Crippen MR) is 74.0 cm³/mol. The van der Waals surface area contributed by atoms with Crippen LogP contribution in [0.3, 0.4) is 0 Å². The van der Waals surface area contributed by atoms with E-state index < -0.39 is 0 Å². The summed E-state index contributed by atoms with van der Waals surface area (Å²) in [6.07, 6.45) is 2.00. The van der Waals surface area contributed by atoms with Crippen LogP contribution < -0.4 is 0 Å². The number of aromatic nitrogens is 2. The molecule has 0 fully saturated rings. The normalized spacial score (nSPS) is 13.1. The van der Waals surface area contributed by atoms with Gasteiger partial charge in [0.2, 0.25) is 0 Å². The van der Waals surface area contributed by atoms with Crippen molar-refractivity contribution in [1.82, 2.24) is 9.55 Å². The number of nitrogens with one attached hydrogen (secondary N) is 1. The lowest BCUT2D eigenvalue weighted by Gasteiger charge is -2.28. The van der Waals surface area contributed by atoms with Gasteiger partial charge in [-0.3, -0.25) is 0 Å². The van der Waals surface area contributed by atoms with E-state index in [4.69, 9.17) is 17.0 Å². The highest BCUT2D eigenvalue weighted by Gasteiger charge is 2.24. The molecule has 1 rings (SSSR count). The highest BCUT2D eigenvalue weighted by Crippen LogP contribution is 2.24. The van der Waals surface area contributed by atoms with Gasteiger partial charge in [-0.15, -0.1) is 0 Å². The molecule has 0 saturated heterocycles. The van der Waals surface area contributed by atoms with Crippen LogP contribution in [0, 0.1) is 4.77 Å². The van der Waals surface area contributed by atoms with Crippen LogP contribution in [0.1, 0.15) is 47.2 Å². The Hall–Kier alpha value is -0.610. The second kappa shape index (κ2) is 4.94. The first-order valence-corrected chi connectivity index (χ1v) is 6.51. The molecule has 0 aliphatic heterocycles. The van der Waals surface area contributed by atoms with E-state index in [2.05, 4.69) is 44.2 Å². The van der Waals surface area contributed by atoms with Crippen LogP contribution in [0.25, 0.3) is 0 Å². The minimum atomic E-state index is -0.199. The van der Waals surface area contributed by atoms with Crippen molar-refractivity contribution >= 4 is 12.2 Å². The zero-order chi connectivity index (χ0) is 13.3. The number of rotatable bonds is 4. The third-order valence-electron chi connectivity index (χ3n) is 2.71. The fourth-order valence-electron chi connectivity index (χ4n) is 1.99. The van der Waals surface area contributed by atoms with E-state index in [9.17, 15) is 0 Å². The minimum Gasteiger partial charge on any atom is -0.374 e. The van der Waals surface area contributed by atoms with Gasteiger partial charge in [0.15, 0.2) is 4.77 Å². The van der Waals surface area contributed by atoms with Crippen LogP contribution in [0.5, 0.6) is 0 Å². The van der Waals surface area contributed by atoms with E-state index in [1.807, 2.05) is 13.1 Å². The second-order valence-electron chi connectivity index (χ2n) is 6.01. The molecule has 0 aliphatic carbocycles. The van der Waals surface area contributed by atoms with Gasteiger partial charge in [0.05, 0.1) is 12.1 Å². The van der Waals surface area contributed by atoms with Crippen molar-refractivity contribution < 1.29 is 4.74 Å². The predicted octanol–water partition coefficient (Wildman–Crippen LogP) is 3.66. The number of H-pyrrole nitrogens is 1. The van der Waals surface area contributed by atoms with Gasteiger partial charge in [0.25, 0.3) is 0 Å². The maximum Gasteiger partial charge on any atom is 0.177 e. The molecule has 0 amide bonds. The Labute approximate surface area is 109 Å². The maximum absolute atomic E-state index is 5.74. The van der Waals surface area contributed by atoms with Crippen LogP contribution in [-0.4, -0.2) is 21.8 Å². The van der Waals surface area contributed by atoms with Crippen LogP contribution >= 0.6 is 12.2 Å². The fourth-order valence-corrected chi connectivity index (χ4v) is 2.21. The standard InChI is InChI=1S/C13H24N2OS/c1-7-16-13(5,6)9-15-10(12(2,3)4)8-14-11(15)17/h8H,7,9H2,1-6H3,(H,14,17). The van der Waals surface area contributed by atoms with Gasteiger partial charge >= 0.3 is 0 Å². The van der Waals surface area contributed by atoms with Gasteiger partial charge in [-0.2, -0.15) is 0 Å². The molecule has 1 aromatic rings. The number of hydrogen-bond donors (Lipinski definition) is 1. The van der Waals surface area contributed by atoms with Crippen LogP contribution in [-0.2, 0) is 16.7 Å². The quantitative estimate of drug-likeness (QED) is 0.833. The van der Waals surface area contributed by atoms with Gasteiger partial charge in [-0.25, -0.2) is 0 Å². The summed E-state index contributed by atoms with van der Waals surface area (Å²) in [4.78, 5) is 3.13. The second-order valence-corrected chi connectivity index (χ2v) is 6.39. The molecule has 0 unspecified atom stereocenters. The zero-order valence-corrected chi connectivity index (χ0v) is 12.6. The zero-order valence-electron chi connectivity index (χ0n) is 11.8. The highest BCUT2D eigenvalue weighted by atomic mass is 32.1. The monoisotopic (exact) mass is 256 g/mol. The molecule has 3 nitrogen and oxygen atoms in total. The Balaban J connectivity index is 3.07. The molecule has 0 aromatic carbocycles. The van der Waals surface area contributed by atoms with Crippen LogP contribution in [0.15, 0.2) is 6.20 Å². The number of aromatic amines is 1. The number of imidazole rings is 1. The van der Waals surface area contributed by atoms with E-state index >= 15 is 0 Å². The molecule has 4 heteroatoms. The molecule has 1 N–H and O–H groups in total. The van der Waals surface area contributed by atoms with Gasteiger partial charge in [-0.05, 0) is 33.0 Å². The number of nitrogens with zero attached hydrogens (tertiary/aromatic N) is 1. The Morgan fingerprint density at radius 2 is 1.88 bits per heavy atom. The molecule has 0 atom stereocenters. The molecular formula is C13H24N2OS. The smallest absolute Gasteiger partial charge is 0.177 e. The highest BCUT2D eigenvalue weighted by molar-refractivity contribution is 7.71. The summed E-state index contributed by atoms with van der Waals surface area (Å²) in [5, 5.41) is 0. The summed E-state index contributed by atoms with van der Waals surface area (Å²) in [5.74, 6) is 0. The Morgan fingerprint density at radius 3 is 2.35 bits per heavy atom. The molecule has 0 aliphatic rings. The molecule has 0 saturated carbocycles. The lowest BCUT2D eigenvalue weighted by Crippen LogP contribution is -2.32. The van der Waals surface area contributed by atoms with Crippen molar-refractivity contribution in [2.24, 2.45) is 0 Å². The van der Waals surface area contributed by atoms with E-state index in [0.29, 0.717) is 0 Å². The van der Waals surface area contributed by atoms with E-state index in [1.165, 1.54) is 5.69 Å². The van der Waals surface area contributed by atoms with Crippen molar-refractivity contribution in [3.63, 3.8) is 0 Å². The lowest BCUT2D eigenvalue weighted by atomic mass is 9.92. The first-order valence-electron chi connectivity index (χ1n) is 6.10. The van der Waals surface area contributed by atoms with Crippen molar-refractivity contribution in [2.75, 3.05) is 6.61 Å². The Bertz CT molecular complexity index is 423. The Kier molecular flexibility index (Phi) is 4.20. The summed E-state index contributed by atoms with van der Waals surface area (Å²) < 4.78 is 8.65. The third-order valence-corrected chi connectivity index (χ3v) is 3.05. The molecule has 98 valence electrons. The molecule has 0 radical (unpaired) electrons. The Morgan fingerprint density at radius 1 is 1.29 bits per heavy atom. The lowest BCUT2D eigenvalue weighted by molar-refractivity contribution is -0.0234. The van der Waals surface area contributed by atoms with Gasteiger partial charge in [0.1, 0.15) is 0 Å². The first kappa shape index (κ1) is 14.5. The molecule has 1 heterocycles. The van der Waals surface area contributed by atoms with E-state index in [-0.39, 0.29) is 11.0 Å². The van der Waals surface area contributed by atoms with Gasteiger partial charge in [0, 0.05) is 23.9 Å². The molecule has 1 aromatic heterocycles. The average molecular weight is 256 g/mol. The first-order chi connectivity index (χ1) is 7.67. The molecular weight excluding hydrogens is 232 g/mol. The maximum atomic E-state index is 5.74. The average Bonchev–Trinajstić information content (AvgIpc) is 2.46. The summed E-state index contributed by atoms with van der Waals surface area (Å²) in [7, 11) is 0. The minimum absolute atomic E-state index is 0.0792. The van der Waals surface area contributed by atoms with E-state index in [0.717, 1.165) is 17.9 Å².